The molecule has 19 heteroatoms. The number of fused-ring (bicyclic) bond motifs is 1. The van der Waals surface area contributed by atoms with Gasteiger partial charge in [0.2, 0.25) is 0 Å². The van der Waals surface area contributed by atoms with Crippen molar-refractivity contribution < 1.29 is 23.3 Å². The van der Waals surface area contributed by atoms with Crippen molar-refractivity contribution in [3.63, 3.8) is 0 Å². The monoisotopic (exact) mass is 1240 g/mol. The summed E-state index contributed by atoms with van der Waals surface area (Å²) in [5.74, 6) is 7.38. The van der Waals surface area contributed by atoms with Crippen molar-refractivity contribution >= 4 is 22.4 Å². The fourth-order valence-corrected chi connectivity index (χ4v) is 10.1. The summed E-state index contributed by atoms with van der Waals surface area (Å²) in [6, 6.07) is 34.6. The minimum absolute atomic E-state index is 0.0361. The normalized spacial score (nSPS) is 11.4. The Balaban J connectivity index is 0.000000192. The van der Waals surface area contributed by atoms with Crippen LogP contribution in [0.3, 0.4) is 0 Å². The molecular weight excluding hydrogens is 1160 g/mol. The second-order valence-corrected chi connectivity index (χ2v) is 25.8. The fourth-order valence-electron chi connectivity index (χ4n) is 9.84. The van der Waals surface area contributed by atoms with Gasteiger partial charge in [-0.25, -0.2) is 24.3 Å². The molecule has 0 fully saturated rings. The molecule has 0 aliphatic heterocycles. The summed E-state index contributed by atoms with van der Waals surface area (Å²) in [7, 11) is 0. The van der Waals surface area contributed by atoms with E-state index in [2.05, 4.69) is 30.8 Å². The average molecular weight is 1240 g/mol. The van der Waals surface area contributed by atoms with Gasteiger partial charge in [0.15, 0.2) is 0 Å². The van der Waals surface area contributed by atoms with E-state index in [1.54, 1.807) is 80.1 Å². The molecule has 0 amide bonds. The number of aryl methyl sites for hydroxylation is 5. The van der Waals surface area contributed by atoms with Crippen molar-refractivity contribution in [2.75, 3.05) is 6.61 Å². The minimum Gasteiger partial charge on any atom is -0.493 e. The van der Waals surface area contributed by atoms with Crippen LogP contribution >= 0.6 is 11.6 Å². The van der Waals surface area contributed by atoms with E-state index < -0.39 is 0 Å². The van der Waals surface area contributed by atoms with E-state index in [0.29, 0.717) is 76.3 Å². The molecule has 0 spiro atoms. The molecule has 474 valence electrons. The van der Waals surface area contributed by atoms with Crippen molar-refractivity contribution in [1.82, 2.24) is 43.2 Å². The van der Waals surface area contributed by atoms with Gasteiger partial charge in [0.1, 0.15) is 71.9 Å². The van der Waals surface area contributed by atoms with Crippen LogP contribution in [0.15, 0.2) is 153 Å². The van der Waals surface area contributed by atoms with Crippen molar-refractivity contribution in [2.24, 2.45) is 0 Å². The van der Waals surface area contributed by atoms with Gasteiger partial charge in [0.25, 0.3) is 22.2 Å². The molecule has 0 aliphatic carbocycles. The number of hydrogen-bond donors (Lipinski definition) is 0. The highest BCUT2D eigenvalue weighted by atomic mass is 35.5. The Morgan fingerprint density at radius 2 is 0.900 bits per heavy atom. The van der Waals surface area contributed by atoms with E-state index in [-0.39, 0.29) is 70.0 Å². The molecule has 90 heavy (non-hydrogen) atoms. The molecule has 0 aliphatic rings. The number of ether oxygens (including phenoxy) is 4. The highest BCUT2D eigenvalue weighted by Crippen LogP contribution is 2.32. The lowest BCUT2D eigenvalue weighted by molar-refractivity contribution is 0.262. The molecule has 9 aromatic rings. The van der Waals surface area contributed by atoms with Crippen LogP contribution in [-0.4, -0.2) is 49.8 Å². The Morgan fingerprint density at radius 1 is 0.478 bits per heavy atom. The predicted octanol–water partition coefficient (Wildman–Crippen LogP) is 13.3. The number of terminal acetylenes is 1. The quantitative estimate of drug-likeness (QED) is 0.0739. The summed E-state index contributed by atoms with van der Waals surface area (Å²) in [6.07, 6.45) is 10.0. The van der Waals surface area contributed by atoms with Gasteiger partial charge in [0.05, 0.1) is 12.8 Å². The molecular formula is C71H83ClFN9O8. The highest BCUT2D eigenvalue weighted by Gasteiger charge is 2.24. The van der Waals surface area contributed by atoms with Crippen LogP contribution in [0.2, 0.25) is 5.02 Å². The van der Waals surface area contributed by atoms with E-state index >= 15 is 0 Å². The maximum Gasteiger partial charge on any atom is 0.254 e. The number of rotatable bonds is 14. The maximum atomic E-state index is 13.1. The van der Waals surface area contributed by atoms with Crippen LogP contribution < -0.4 is 41.2 Å². The van der Waals surface area contributed by atoms with Crippen molar-refractivity contribution in [3.8, 4) is 35.3 Å². The zero-order valence-corrected chi connectivity index (χ0v) is 55.3. The number of hydrogen-bond acceptors (Lipinski definition) is 13. The topological polar surface area (TPSA) is 189 Å². The Kier molecular flexibility index (Phi) is 23.6. The third kappa shape index (κ3) is 19.9. The summed E-state index contributed by atoms with van der Waals surface area (Å²) in [6.45, 7) is 32.0. The summed E-state index contributed by atoms with van der Waals surface area (Å²) in [4.78, 5) is 71.0. The van der Waals surface area contributed by atoms with Crippen molar-refractivity contribution in [2.45, 2.75) is 166 Å². The van der Waals surface area contributed by atoms with Crippen molar-refractivity contribution in [1.29, 1.82) is 0 Å². The van der Waals surface area contributed by atoms with Gasteiger partial charge in [-0.3, -0.25) is 42.4 Å². The van der Waals surface area contributed by atoms with Crippen LogP contribution in [0, 0.1) is 45.9 Å². The van der Waals surface area contributed by atoms with E-state index in [9.17, 15) is 23.6 Å². The Morgan fingerprint density at radius 3 is 1.36 bits per heavy atom. The van der Waals surface area contributed by atoms with E-state index in [0.717, 1.165) is 33.6 Å². The molecule has 0 radical (unpaired) electrons. The Bertz CT molecular complexity index is 4220. The Labute approximate surface area is 531 Å². The van der Waals surface area contributed by atoms with Crippen LogP contribution in [0.25, 0.3) is 10.8 Å². The molecule has 0 saturated carbocycles. The standard InChI is InChI=1S/C20H21ClN2O2.C18H23FN2O2.C18H20N2O2.C15H19N3O2/c1-13-11-19(24)23(20(2,3)4)18(22-13)12-25-17-10-9-16(21)14-7-5-6-8-15(14)17;1-13-11-17(22)21(18(2,3)4)16(20-13)9-6-10-23-15-8-5-7-14(19)12-15;1-6-14-8-7-9-15(11-14)22-12-16-19-13(2)10-17(21)20(16)18(3,4)5;1-11-8-14(19)18(15(2,3)4)13(17-11)10-20-12-6-5-7-16-9-12/h5-11H,12H2,1-4H3;5,7-8,11-12H,6,9-10H2,1-4H3;1,7-11H,12H2,2-5H3;5-9H,10H2,1-4H3. The Hall–Kier alpha value is -9.21. The van der Waals surface area contributed by atoms with E-state index in [1.807, 2.05) is 165 Å². The van der Waals surface area contributed by atoms with Gasteiger partial charge in [-0.1, -0.05) is 53.9 Å². The number of nitrogens with zero attached hydrogens (tertiary/aromatic N) is 9. The first-order valence-electron chi connectivity index (χ1n) is 29.5. The first-order valence-corrected chi connectivity index (χ1v) is 29.9. The zero-order chi connectivity index (χ0) is 66.3. The third-order valence-corrected chi connectivity index (χ3v) is 13.6. The lowest BCUT2D eigenvalue weighted by atomic mass is 10.1. The smallest absolute Gasteiger partial charge is 0.254 e. The van der Waals surface area contributed by atoms with Crippen molar-refractivity contribution in [3.05, 3.63) is 238 Å². The average Bonchev–Trinajstić information content (AvgIpc) is 1.38. The second kappa shape index (κ2) is 30.3. The summed E-state index contributed by atoms with van der Waals surface area (Å²) in [5, 5.41) is 2.56. The summed E-state index contributed by atoms with van der Waals surface area (Å²) in [5.41, 5.74) is 1.89. The molecule has 0 unspecified atom stereocenters. The van der Waals surface area contributed by atoms with Crippen LogP contribution in [-0.2, 0) is 48.4 Å². The molecule has 0 saturated heterocycles. The van der Waals surface area contributed by atoms with Crippen LogP contribution in [0.5, 0.6) is 23.0 Å². The molecule has 9 rings (SSSR count). The molecule has 5 heterocycles. The van der Waals surface area contributed by atoms with Gasteiger partial charge < -0.3 is 18.9 Å². The van der Waals surface area contributed by atoms with Gasteiger partial charge in [-0.05, 0) is 172 Å². The maximum absolute atomic E-state index is 13.1. The number of halogens is 2. The lowest BCUT2D eigenvalue weighted by Gasteiger charge is -2.25. The van der Waals surface area contributed by atoms with Gasteiger partial charge in [0, 0.05) is 109 Å². The van der Waals surface area contributed by atoms with Gasteiger partial charge >= 0.3 is 0 Å². The molecule has 0 bridgehead atoms. The fraction of sp³-hybridized carbons (Fsp3) is 0.366. The summed E-state index contributed by atoms with van der Waals surface area (Å²) < 4.78 is 42.8. The third-order valence-electron chi connectivity index (χ3n) is 13.3. The molecule has 17 nitrogen and oxygen atoms in total. The molecule has 5 aromatic heterocycles. The number of aromatic nitrogens is 9. The number of pyridine rings is 1. The van der Waals surface area contributed by atoms with E-state index in [4.69, 9.17) is 37.0 Å². The molecule has 4 aromatic carbocycles. The lowest BCUT2D eigenvalue weighted by Crippen LogP contribution is -2.37. The minimum atomic E-state index is -0.376. The first kappa shape index (κ1) is 69.9. The molecule has 0 atom stereocenters. The van der Waals surface area contributed by atoms with E-state index in [1.165, 1.54) is 18.2 Å². The SMILES string of the molecule is C#Cc1cccc(OCc2nc(C)cc(=O)n2C(C)(C)C)c1.Cc1cc(=O)n(C(C)(C)C)c(CCCOc2cccc(F)c2)n1.Cc1cc(=O)n(C(C)(C)C)c(COc2ccc(Cl)c3ccccc23)n1.Cc1cc(=O)n(C(C)(C)C)c(COc2cccnc2)n1. The molecule has 0 N–H and O–H groups in total. The van der Waals surface area contributed by atoms with Gasteiger partial charge in [-0.15, -0.1) is 6.42 Å². The zero-order valence-electron chi connectivity index (χ0n) is 54.6. The van der Waals surface area contributed by atoms with Gasteiger partial charge in [-0.2, -0.15) is 0 Å². The van der Waals surface area contributed by atoms with Crippen LogP contribution in [0.4, 0.5) is 4.39 Å². The highest BCUT2D eigenvalue weighted by molar-refractivity contribution is 6.35. The summed E-state index contributed by atoms with van der Waals surface area (Å²) >= 11 is 6.26. The number of benzene rings is 4. The van der Waals surface area contributed by atoms with Crippen LogP contribution in [0.1, 0.15) is 141 Å². The first-order chi connectivity index (χ1) is 42.2. The predicted molar refractivity (Wildman–Crippen MR) is 354 cm³/mol. The largest absolute Gasteiger partial charge is 0.493 e. The second-order valence-electron chi connectivity index (χ2n) is 25.4.